The van der Waals surface area contributed by atoms with Crippen LogP contribution < -0.4 is 5.73 Å². The zero-order valence-electron chi connectivity index (χ0n) is 10.1. The van der Waals surface area contributed by atoms with E-state index in [9.17, 15) is 4.79 Å². The molecule has 5 heteroatoms. The number of carbonyl (C=O) groups excluding carboxylic acids is 1. The van der Waals surface area contributed by atoms with Gasteiger partial charge in [-0.2, -0.15) is 11.8 Å². The lowest BCUT2D eigenvalue weighted by molar-refractivity contribution is -0.132. The minimum absolute atomic E-state index is 0.0236. The monoisotopic (exact) mass is 246 g/mol. The van der Waals surface area contributed by atoms with E-state index in [2.05, 4.69) is 0 Å². The van der Waals surface area contributed by atoms with Crippen LogP contribution in [0.2, 0.25) is 0 Å². The van der Waals surface area contributed by atoms with Gasteiger partial charge in [0.2, 0.25) is 5.91 Å². The smallest absolute Gasteiger partial charge is 0.239 e. The van der Waals surface area contributed by atoms with E-state index in [1.165, 1.54) is 0 Å². The van der Waals surface area contributed by atoms with Crippen molar-refractivity contribution in [2.45, 2.75) is 31.4 Å². The fraction of sp³-hybridized carbons (Fsp3) is 0.909. The normalized spacial score (nSPS) is 26.0. The van der Waals surface area contributed by atoms with Gasteiger partial charge in [-0.15, -0.1) is 0 Å². The maximum Gasteiger partial charge on any atom is 0.239 e. The molecule has 0 spiro atoms. The summed E-state index contributed by atoms with van der Waals surface area (Å²) in [6.07, 6.45) is 4.22. The maximum atomic E-state index is 11.8. The summed E-state index contributed by atoms with van der Waals surface area (Å²) in [5.74, 6) is 1.40. The van der Waals surface area contributed by atoms with E-state index in [-0.39, 0.29) is 18.1 Å². The van der Waals surface area contributed by atoms with Crippen LogP contribution in [0, 0.1) is 5.92 Å². The highest BCUT2D eigenvalue weighted by Crippen LogP contribution is 2.27. The predicted molar refractivity (Wildman–Crippen MR) is 67.3 cm³/mol. The highest BCUT2D eigenvalue weighted by Gasteiger charge is 2.29. The number of aliphatic hydroxyl groups excluding tert-OH is 1. The maximum absolute atomic E-state index is 11.8. The molecule has 0 radical (unpaired) electrons. The number of hydrogen-bond acceptors (Lipinski definition) is 4. The molecular formula is C11H22N2O2S. The summed E-state index contributed by atoms with van der Waals surface area (Å²) in [4.78, 5) is 13.5. The number of rotatable bonds is 6. The fourth-order valence-corrected chi connectivity index (χ4v) is 2.47. The molecule has 0 heterocycles. The minimum Gasteiger partial charge on any atom is -0.393 e. The van der Waals surface area contributed by atoms with E-state index in [1.807, 2.05) is 6.26 Å². The van der Waals surface area contributed by atoms with Gasteiger partial charge in [0.15, 0.2) is 0 Å². The van der Waals surface area contributed by atoms with Gasteiger partial charge in [0, 0.05) is 13.6 Å². The summed E-state index contributed by atoms with van der Waals surface area (Å²) in [5.41, 5.74) is 5.81. The second kappa shape index (κ2) is 6.47. The molecule has 0 unspecified atom stereocenters. The molecule has 0 saturated heterocycles. The summed E-state index contributed by atoms with van der Waals surface area (Å²) < 4.78 is 0. The van der Waals surface area contributed by atoms with Gasteiger partial charge < -0.3 is 15.7 Å². The van der Waals surface area contributed by atoms with E-state index >= 15 is 0 Å². The van der Waals surface area contributed by atoms with Crippen molar-refractivity contribution in [2.75, 3.05) is 25.6 Å². The molecule has 4 nitrogen and oxygen atoms in total. The molecule has 1 amide bonds. The van der Waals surface area contributed by atoms with Crippen molar-refractivity contribution in [1.29, 1.82) is 0 Å². The Morgan fingerprint density at radius 2 is 2.25 bits per heavy atom. The molecule has 1 fully saturated rings. The van der Waals surface area contributed by atoms with Gasteiger partial charge in [0.25, 0.3) is 0 Å². The predicted octanol–water partition coefficient (Wildman–Crippen LogP) is 0.296. The van der Waals surface area contributed by atoms with Crippen LogP contribution in [0.1, 0.15) is 19.3 Å². The van der Waals surface area contributed by atoms with Crippen LogP contribution in [0.25, 0.3) is 0 Å². The highest BCUT2D eigenvalue weighted by molar-refractivity contribution is 7.98. The van der Waals surface area contributed by atoms with E-state index in [4.69, 9.17) is 10.8 Å². The van der Waals surface area contributed by atoms with Gasteiger partial charge in [-0.05, 0) is 37.2 Å². The first-order valence-electron chi connectivity index (χ1n) is 5.72. The third-order valence-electron chi connectivity index (χ3n) is 3.07. The standard InChI is InChI=1S/C11H22N2O2S/c1-13(7-8-5-9(14)6-8)11(15)10(12)3-4-16-2/h8-10,14H,3-7,12H2,1-2H3/t8?,9?,10-/m0/s1. The van der Waals surface area contributed by atoms with Gasteiger partial charge in [0.1, 0.15) is 0 Å². The minimum atomic E-state index is -0.373. The summed E-state index contributed by atoms with van der Waals surface area (Å²) in [5, 5.41) is 9.16. The van der Waals surface area contributed by atoms with Crippen molar-refractivity contribution in [3.63, 3.8) is 0 Å². The number of carbonyl (C=O) groups is 1. The average molecular weight is 246 g/mol. The first kappa shape index (κ1) is 13.8. The lowest BCUT2D eigenvalue weighted by Gasteiger charge is -2.35. The van der Waals surface area contributed by atoms with Gasteiger partial charge in [-0.25, -0.2) is 0 Å². The topological polar surface area (TPSA) is 66.6 Å². The zero-order valence-corrected chi connectivity index (χ0v) is 10.9. The molecule has 1 aliphatic carbocycles. The number of aliphatic hydroxyl groups is 1. The lowest BCUT2D eigenvalue weighted by Crippen LogP contribution is -2.46. The van der Waals surface area contributed by atoms with Crippen molar-refractivity contribution in [2.24, 2.45) is 11.7 Å². The van der Waals surface area contributed by atoms with Crippen molar-refractivity contribution in [1.82, 2.24) is 4.90 Å². The Kier molecular flexibility index (Phi) is 5.58. The van der Waals surface area contributed by atoms with Gasteiger partial charge in [0.05, 0.1) is 12.1 Å². The molecule has 0 aromatic heterocycles. The molecule has 1 saturated carbocycles. The molecular weight excluding hydrogens is 224 g/mol. The number of hydrogen-bond donors (Lipinski definition) is 2. The Morgan fingerprint density at radius 3 is 2.75 bits per heavy atom. The highest BCUT2D eigenvalue weighted by atomic mass is 32.2. The lowest BCUT2D eigenvalue weighted by atomic mass is 9.82. The summed E-state index contributed by atoms with van der Waals surface area (Å²) in [7, 11) is 1.80. The van der Waals surface area contributed by atoms with Crippen LogP contribution >= 0.6 is 11.8 Å². The molecule has 16 heavy (non-hydrogen) atoms. The number of amides is 1. The number of thioether (sulfide) groups is 1. The molecule has 3 N–H and O–H groups in total. The van der Waals surface area contributed by atoms with Crippen LogP contribution in [-0.4, -0.2) is 53.7 Å². The fourth-order valence-electron chi connectivity index (χ4n) is 1.98. The van der Waals surface area contributed by atoms with Crippen molar-refractivity contribution in [3.05, 3.63) is 0 Å². The van der Waals surface area contributed by atoms with Crippen LogP contribution in [0.15, 0.2) is 0 Å². The van der Waals surface area contributed by atoms with Gasteiger partial charge in [-0.3, -0.25) is 4.79 Å². The third kappa shape index (κ3) is 3.96. The van der Waals surface area contributed by atoms with Crippen molar-refractivity contribution < 1.29 is 9.90 Å². The Morgan fingerprint density at radius 1 is 1.62 bits per heavy atom. The Balaban J connectivity index is 2.24. The number of nitrogens with two attached hydrogens (primary N) is 1. The van der Waals surface area contributed by atoms with Crippen LogP contribution in [0.5, 0.6) is 0 Å². The van der Waals surface area contributed by atoms with Crippen LogP contribution in [-0.2, 0) is 4.79 Å². The van der Waals surface area contributed by atoms with E-state index < -0.39 is 0 Å². The van der Waals surface area contributed by atoms with Crippen molar-refractivity contribution in [3.8, 4) is 0 Å². The zero-order chi connectivity index (χ0) is 12.1. The molecule has 0 bridgehead atoms. The second-order valence-electron chi connectivity index (χ2n) is 4.60. The Bertz CT molecular complexity index is 232. The quantitative estimate of drug-likeness (QED) is 0.707. The van der Waals surface area contributed by atoms with Crippen LogP contribution in [0.3, 0.4) is 0 Å². The average Bonchev–Trinajstić information content (AvgIpc) is 2.22. The first-order chi connectivity index (χ1) is 7.54. The van der Waals surface area contributed by atoms with E-state index in [1.54, 1.807) is 23.7 Å². The summed E-state index contributed by atoms with van der Waals surface area (Å²) >= 11 is 1.71. The van der Waals surface area contributed by atoms with Crippen molar-refractivity contribution >= 4 is 17.7 Å². The largest absolute Gasteiger partial charge is 0.393 e. The number of nitrogens with zero attached hydrogens (tertiary/aromatic N) is 1. The van der Waals surface area contributed by atoms with Crippen LogP contribution in [0.4, 0.5) is 0 Å². The molecule has 1 aliphatic rings. The number of likely N-dealkylation sites (N-methyl/N-ethyl adjacent to an activating group) is 1. The second-order valence-corrected chi connectivity index (χ2v) is 5.58. The molecule has 0 aromatic rings. The van der Waals surface area contributed by atoms with Gasteiger partial charge in [-0.1, -0.05) is 0 Å². The van der Waals surface area contributed by atoms with E-state index in [0.29, 0.717) is 5.92 Å². The summed E-state index contributed by atoms with van der Waals surface area (Å²) in [6, 6.07) is -0.373. The Hall–Kier alpha value is -0.260. The molecule has 0 aromatic carbocycles. The summed E-state index contributed by atoms with van der Waals surface area (Å²) in [6.45, 7) is 0.725. The molecule has 94 valence electrons. The Labute approximate surface area is 102 Å². The van der Waals surface area contributed by atoms with E-state index in [0.717, 1.165) is 31.6 Å². The molecule has 1 rings (SSSR count). The first-order valence-corrected chi connectivity index (χ1v) is 7.11. The SMILES string of the molecule is CSCC[C@H](N)C(=O)N(C)CC1CC(O)C1. The molecule has 1 atom stereocenters. The molecule has 0 aliphatic heterocycles. The third-order valence-corrected chi connectivity index (χ3v) is 3.71. The van der Waals surface area contributed by atoms with Gasteiger partial charge >= 0.3 is 0 Å².